The number of anilines is 1. The molecule has 7 nitrogen and oxygen atoms in total. The topological polar surface area (TPSA) is 94.1 Å². The van der Waals surface area contributed by atoms with Crippen LogP contribution in [0.2, 0.25) is 0 Å². The number of carboxylic acid groups (broad SMARTS) is 1. The number of hydrogen-bond donors (Lipinski definition) is 2. The van der Waals surface area contributed by atoms with Gasteiger partial charge in [0, 0.05) is 11.1 Å². The van der Waals surface area contributed by atoms with E-state index < -0.39 is 11.9 Å². The number of hydrogen-bond acceptors (Lipinski definition) is 5. The molecule has 1 amide bonds. The number of carboxylic acids is 1. The Kier molecular flexibility index (Phi) is 6.28. The molecule has 0 aromatic heterocycles. The quantitative estimate of drug-likeness (QED) is 0.768. The van der Waals surface area contributed by atoms with Crippen LogP contribution in [0.5, 0.6) is 17.2 Å². The number of amides is 1. The summed E-state index contributed by atoms with van der Waals surface area (Å²) < 4.78 is 16.3. The van der Waals surface area contributed by atoms with Crippen molar-refractivity contribution in [3.05, 3.63) is 47.0 Å². The lowest BCUT2D eigenvalue weighted by Gasteiger charge is -2.16. The Morgan fingerprint density at radius 3 is 2.04 bits per heavy atom. The predicted molar refractivity (Wildman–Crippen MR) is 101 cm³/mol. The predicted octanol–water partition coefficient (Wildman–Crippen LogP) is 3.75. The molecule has 0 aliphatic carbocycles. The lowest BCUT2D eigenvalue weighted by atomic mass is 10.1. The van der Waals surface area contributed by atoms with E-state index in [2.05, 4.69) is 5.32 Å². The summed E-state index contributed by atoms with van der Waals surface area (Å²) in [4.78, 5) is 24.0. The Balaban J connectivity index is 2.42. The second kappa shape index (κ2) is 8.44. The number of methoxy groups -OCH3 is 2. The first-order valence-electron chi connectivity index (χ1n) is 8.34. The van der Waals surface area contributed by atoms with Crippen molar-refractivity contribution in [2.75, 3.05) is 19.5 Å². The standard InChI is InChI=1S/C20H23NO6/c1-11(2)27-16-7-6-13(20(23)24)8-15(16)21-19(22)14-9-17(25-4)12(3)18(10-14)26-5/h6-11H,1-5H3,(H,21,22)(H,23,24). The molecular weight excluding hydrogens is 350 g/mol. The molecule has 2 N–H and O–H groups in total. The van der Waals surface area contributed by atoms with Gasteiger partial charge in [-0.1, -0.05) is 0 Å². The SMILES string of the molecule is COc1cc(C(=O)Nc2cc(C(=O)O)ccc2OC(C)C)cc(OC)c1C. The van der Waals surface area contributed by atoms with Gasteiger partial charge < -0.3 is 24.6 Å². The molecule has 2 aromatic rings. The summed E-state index contributed by atoms with van der Waals surface area (Å²) in [5.41, 5.74) is 1.39. The fraction of sp³-hybridized carbons (Fsp3) is 0.300. The zero-order chi connectivity index (χ0) is 20.1. The molecule has 0 heterocycles. The van der Waals surface area contributed by atoms with Crippen molar-refractivity contribution in [1.29, 1.82) is 0 Å². The molecule has 27 heavy (non-hydrogen) atoms. The highest BCUT2D eigenvalue weighted by atomic mass is 16.5. The van der Waals surface area contributed by atoms with E-state index in [-0.39, 0.29) is 17.4 Å². The third-order valence-corrected chi connectivity index (χ3v) is 3.85. The van der Waals surface area contributed by atoms with Crippen molar-refractivity contribution < 1.29 is 28.9 Å². The van der Waals surface area contributed by atoms with Crippen LogP contribution >= 0.6 is 0 Å². The largest absolute Gasteiger partial charge is 0.496 e. The summed E-state index contributed by atoms with van der Waals surface area (Å²) in [6, 6.07) is 7.50. The Morgan fingerprint density at radius 2 is 1.56 bits per heavy atom. The van der Waals surface area contributed by atoms with E-state index in [1.807, 2.05) is 20.8 Å². The van der Waals surface area contributed by atoms with E-state index in [4.69, 9.17) is 14.2 Å². The van der Waals surface area contributed by atoms with Gasteiger partial charge in [-0.25, -0.2) is 4.79 Å². The van der Waals surface area contributed by atoms with Crippen molar-refractivity contribution in [1.82, 2.24) is 0 Å². The summed E-state index contributed by atoms with van der Waals surface area (Å²) in [6.07, 6.45) is -0.143. The van der Waals surface area contributed by atoms with Crippen molar-refractivity contribution in [3.8, 4) is 17.2 Å². The van der Waals surface area contributed by atoms with E-state index in [9.17, 15) is 14.7 Å². The van der Waals surface area contributed by atoms with E-state index in [1.54, 1.807) is 12.1 Å². The number of rotatable bonds is 7. The average molecular weight is 373 g/mol. The number of nitrogens with one attached hydrogen (secondary N) is 1. The zero-order valence-electron chi connectivity index (χ0n) is 16.0. The minimum absolute atomic E-state index is 0.0421. The molecule has 0 aliphatic rings. The fourth-order valence-corrected chi connectivity index (χ4v) is 2.53. The van der Waals surface area contributed by atoms with Crippen molar-refractivity contribution in [2.24, 2.45) is 0 Å². The van der Waals surface area contributed by atoms with Gasteiger partial charge in [0.05, 0.1) is 31.6 Å². The van der Waals surface area contributed by atoms with Crippen molar-refractivity contribution in [2.45, 2.75) is 26.9 Å². The van der Waals surface area contributed by atoms with Gasteiger partial charge in [-0.15, -0.1) is 0 Å². The van der Waals surface area contributed by atoms with Crippen molar-refractivity contribution >= 4 is 17.6 Å². The Hall–Kier alpha value is -3.22. The summed E-state index contributed by atoms with van der Waals surface area (Å²) in [7, 11) is 3.02. The maximum atomic E-state index is 12.8. The van der Waals surface area contributed by atoms with Gasteiger partial charge in [0.25, 0.3) is 5.91 Å². The second-order valence-electron chi connectivity index (χ2n) is 6.14. The monoisotopic (exact) mass is 373 g/mol. The normalized spacial score (nSPS) is 10.4. The maximum Gasteiger partial charge on any atom is 0.335 e. The molecule has 0 saturated carbocycles. The Morgan fingerprint density at radius 1 is 0.963 bits per heavy atom. The zero-order valence-corrected chi connectivity index (χ0v) is 16.0. The lowest BCUT2D eigenvalue weighted by molar-refractivity contribution is 0.0696. The minimum Gasteiger partial charge on any atom is -0.496 e. The van der Waals surface area contributed by atoms with E-state index in [1.165, 1.54) is 32.4 Å². The van der Waals surface area contributed by atoms with Crippen LogP contribution in [-0.4, -0.2) is 37.3 Å². The van der Waals surface area contributed by atoms with E-state index >= 15 is 0 Å². The molecule has 0 aliphatic heterocycles. The molecule has 0 atom stereocenters. The van der Waals surface area contributed by atoms with Crippen LogP contribution in [0, 0.1) is 6.92 Å². The van der Waals surface area contributed by atoms with Crippen LogP contribution in [0.4, 0.5) is 5.69 Å². The molecule has 2 rings (SSSR count). The molecule has 0 unspecified atom stereocenters. The van der Waals surface area contributed by atoms with E-state index in [0.717, 1.165) is 5.56 Å². The second-order valence-corrected chi connectivity index (χ2v) is 6.14. The summed E-state index contributed by atoms with van der Waals surface area (Å²) >= 11 is 0. The number of ether oxygens (including phenoxy) is 3. The molecule has 0 radical (unpaired) electrons. The molecule has 7 heteroatoms. The molecular formula is C20H23NO6. The number of carbonyl (C=O) groups excluding carboxylic acids is 1. The first kappa shape index (κ1) is 20.1. The van der Waals surface area contributed by atoms with Gasteiger partial charge in [0.2, 0.25) is 0 Å². The molecule has 0 fully saturated rings. The van der Waals surface area contributed by atoms with Gasteiger partial charge >= 0.3 is 5.97 Å². The molecule has 0 bridgehead atoms. The van der Waals surface area contributed by atoms with Gasteiger partial charge in [-0.3, -0.25) is 4.79 Å². The first-order chi connectivity index (χ1) is 12.8. The smallest absolute Gasteiger partial charge is 0.335 e. The number of benzene rings is 2. The number of carbonyl (C=O) groups is 2. The molecule has 144 valence electrons. The Labute approximate surface area is 157 Å². The third-order valence-electron chi connectivity index (χ3n) is 3.85. The van der Waals surface area contributed by atoms with Crippen LogP contribution in [0.1, 0.15) is 40.1 Å². The van der Waals surface area contributed by atoms with Gasteiger partial charge in [-0.2, -0.15) is 0 Å². The van der Waals surface area contributed by atoms with Crippen LogP contribution in [0.25, 0.3) is 0 Å². The lowest BCUT2D eigenvalue weighted by Crippen LogP contribution is -2.15. The van der Waals surface area contributed by atoms with E-state index in [0.29, 0.717) is 22.8 Å². The minimum atomic E-state index is -1.10. The van der Waals surface area contributed by atoms with Crippen LogP contribution < -0.4 is 19.5 Å². The average Bonchev–Trinajstić information content (AvgIpc) is 2.62. The van der Waals surface area contributed by atoms with Crippen LogP contribution in [0.3, 0.4) is 0 Å². The fourth-order valence-electron chi connectivity index (χ4n) is 2.53. The van der Waals surface area contributed by atoms with Gasteiger partial charge in [0.15, 0.2) is 0 Å². The molecule has 0 spiro atoms. The summed E-state index contributed by atoms with van der Waals surface area (Å²) in [5.74, 6) is -0.132. The maximum absolute atomic E-state index is 12.8. The Bertz CT molecular complexity index is 835. The highest BCUT2D eigenvalue weighted by Crippen LogP contribution is 2.31. The highest BCUT2D eigenvalue weighted by molar-refractivity contribution is 6.06. The first-order valence-corrected chi connectivity index (χ1v) is 8.34. The van der Waals surface area contributed by atoms with Crippen molar-refractivity contribution in [3.63, 3.8) is 0 Å². The van der Waals surface area contributed by atoms with Crippen LogP contribution in [0.15, 0.2) is 30.3 Å². The van der Waals surface area contributed by atoms with Gasteiger partial charge in [0.1, 0.15) is 17.2 Å². The highest BCUT2D eigenvalue weighted by Gasteiger charge is 2.17. The summed E-state index contributed by atoms with van der Waals surface area (Å²) in [6.45, 7) is 5.50. The van der Waals surface area contributed by atoms with Crippen LogP contribution in [-0.2, 0) is 0 Å². The molecule has 0 saturated heterocycles. The number of aromatic carboxylic acids is 1. The summed E-state index contributed by atoms with van der Waals surface area (Å²) in [5, 5.41) is 11.9. The molecule has 2 aromatic carbocycles. The van der Waals surface area contributed by atoms with Gasteiger partial charge in [-0.05, 0) is 51.1 Å². The third kappa shape index (κ3) is 4.69.